The number of thiophene rings is 1. The Morgan fingerprint density at radius 1 is 1.53 bits per heavy atom. The van der Waals surface area contributed by atoms with Crippen LogP contribution < -0.4 is 5.32 Å². The minimum Gasteiger partial charge on any atom is -0.395 e. The molecule has 0 bridgehead atoms. The average molecular weight is 278 g/mol. The van der Waals surface area contributed by atoms with Crippen molar-refractivity contribution in [2.45, 2.75) is 25.4 Å². The van der Waals surface area contributed by atoms with Crippen molar-refractivity contribution in [3.8, 4) is 0 Å². The number of likely N-dealkylation sites (tertiary alicyclic amines) is 1. The van der Waals surface area contributed by atoms with Gasteiger partial charge in [-0.1, -0.05) is 0 Å². The molecule has 0 radical (unpaired) electrons. The van der Waals surface area contributed by atoms with Crippen LogP contribution in [0, 0.1) is 0 Å². The summed E-state index contributed by atoms with van der Waals surface area (Å²) in [6.45, 7) is 1.96. The van der Waals surface area contributed by atoms with E-state index < -0.39 is 0 Å². The molecule has 2 aromatic rings. The summed E-state index contributed by atoms with van der Waals surface area (Å²) < 4.78 is 0. The van der Waals surface area contributed by atoms with Crippen LogP contribution in [-0.4, -0.2) is 46.2 Å². The van der Waals surface area contributed by atoms with Crippen LogP contribution in [0.25, 0.3) is 10.2 Å². The second-order valence-electron chi connectivity index (χ2n) is 4.83. The van der Waals surface area contributed by atoms with Crippen LogP contribution in [0.15, 0.2) is 11.4 Å². The molecule has 3 heterocycles. The predicted octanol–water partition coefficient (Wildman–Crippen LogP) is 1.69. The lowest BCUT2D eigenvalue weighted by Crippen LogP contribution is -2.32. The number of aliphatic hydroxyl groups excluding tert-OH is 1. The molecular weight excluding hydrogens is 260 g/mol. The molecule has 0 saturated carbocycles. The van der Waals surface area contributed by atoms with Crippen molar-refractivity contribution in [2.75, 3.05) is 25.5 Å². The Labute approximate surface area is 116 Å². The SMILES string of the molecule is CNc1nc(CN2CCCC2CO)nc2sccc12. The van der Waals surface area contributed by atoms with E-state index in [1.807, 2.05) is 18.5 Å². The van der Waals surface area contributed by atoms with E-state index in [9.17, 15) is 5.11 Å². The van der Waals surface area contributed by atoms with E-state index in [0.717, 1.165) is 41.2 Å². The van der Waals surface area contributed by atoms with Gasteiger partial charge in [-0.25, -0.2) is 9.97 Å². The van der Waals surface area contributed by atoms with E-state index in [0.29, 0.717) is 6.54 Å². The van der Waals surface area contributed by atoms with E-state index in [1.54, 1.807) is 11.3 Å². The highest BCUT2D eigenvalue weighted by atomic mass is 32.1. The summed E-state index contributed by atoms with van der Waals surface area (Å²) in [6, 6.07) is 2.31. The number of fused-ring (bicyclic) bond motifs is 1. The summed E-state index contributed by atoms with van der Waals surface area (Å²) in [5.74, 6) is 1.72. The van der Waals surface area contributed by atoms with Gasteiger partial charge in [0.2, 0.25) is 0 Å². The minimum atomic E-state index is 0.222. The van der Waals surface area contributed by atoms with Gasteiger partial charge in [-0.15, -0.1) is 11.3 Å². The molecule has 1 saturated heterocycles. The molecule has 1 unspecified atom stereocenters. The van der Waals surface area contributed by atoms with Gasteiger partial charge >= 0.3 is 0 Å². The largest absolute Gasteiger partial charge is 0.395 e. The highest BCUT2D eigenvalue weighted by Crippen LogP contribution is 2.26. The van der Waals surface area contributed by atoms with Crippen molar-refractivity contribution in [3.05, 3.63) is 17.3 Å². The standard InChI is InChI=1S/C13H18N4OS/c1-14-12-10-4-6-19-13(10)16-11(15-12)7-17-5-2-3-9(17)8-18/h4,6,9,18H,2-3,5,7-8H2,1H3,(H,14,15,16). The van der Waals surface area contributed by atoms with E-state index in [1.165, 1.54) is 0 Å². The minimum absolute atomic E-state index is 0.222. The molecule has 0 amide bonds. The molecule has 5 nitrogen and oxygen atoms in total. The van der Waals surface area contributed by atoms with Crippen LogP contribution in [0.3, 0.4) is 0 Å². The van der Waals surface area contributed by atoms with Crippen LogP contribution in [0.4, 0.5) is 5.82 Å². The topological polar surface area (TPSA) is 61.3 Å². The Morgan fingerprint density at radius 3 is 3.21 bits per heavy atom. The van der Waals surface area contributed by atoms with Crippen molar-refractivity contribution in [3.63, 3.8) is 0 Å². The fraction of sp³-hybridized carbons (Fsp3) is 0.538. The highest BCUT2D eigenvalue weighted by Gasteiger charge is 2.24. The quantitative estimate of drug-likeness (QED) is 0.891. The number of aromatic nitrogens is 2. The maximum Gasteiger partial charge on any atom is 0.146 e. The first-order chi connectivity index (χ1) is 9.31. The number of nitrogens with zero attached hydrogens (tertiary/aromatic N) is 3. The lowest BCUT2D eigenvalue weighted by atomic mass is 10.2. The Bertz CT molecular complexity index is 571. The van der Waals surface area contributed by atoms with Crippen molar-refractivity contribution in [1.82, 2.24) is 14.9 Å². The molecule has 6 heteroatoms. The van der Waals surface area contributed by atoms with Gasteiger partial charge in [0.15, 0.2) is 0 Å². The fourth-order valence-electron chi connectivity index (χ4n) is 2.65. The van der Waals surface area contributed by atoms with Gasteiger partial charge < -0.3 is 10.4 Å². The Balaban J connectivity index is 1.88. The van der Waals surface area contributed by atoms with Crippen molar-refractivity contribution < 1.29 is 5.11 Å². The zero-order chi connectivity index (χ0) is 13.2. The number of nitrogens with one attached hydrogen (secondary N) is 1. The molecular formula is C13H18N4OS. The molecule has 0 aromatic carbocycles. The van der Waals surface area contributed by atoms with E-state index >= 15 is 0 Å². The van der Waals surface area contributed by atoms with E-state index in [4.69, 9.17) is 0 Å². The lowest BCUT2D eigenvalue weighted by molar-refractivity contribution is 0.151. The van der Waals surface area contributed by atoms with Gasteiger partial charge in [-0.05, 0) is 30.8 Å². The fourth-order valence-corrected chi connectivity index (χ4v) is 3.44. The summed E-state index contributed by atoms with van der Waals surface area (Å²) in [5, 5.41) is 15.6. The number of anilines is 1. The second-order valence-corrected chi connectivity index (χ2v) is 5.72. The molecule has 0 aliphatic carbocycles. The summed E-state index contributed by atoms with van der Waals surface area (Å²) in [6.07, 6.45) is 2.21. The molecule has 2 aromatic heterocycles. The summed E-state index contributed by atoms with van der Waals surface area (Å²) in [4.78, 5) is 12.5. The first kappa shape index (κ1) is 12.8. The van der Waals surface area contributed by atoms with Crippen molar-refractivity contribution in [1.29, 1.82) is 0 Å². The van der Waals surface area contributed by atoms with Crippen LogP contribution in [0.2, 0.25) is 0 Å². The Morgan fingerprint density at radius 2 is 2.42 bits per heavy atom. The molecule has 19 heavy (non-hydrogen) atoms. The molecule has 3 rings (SSSR count). The smallest absolute Gasteiger partial charge is 0.146 e. The van der Waals surface area contributed by atoms with Gasteiger partial charge in [0.1, 0.15) is 16.5 Å². The first-order valence-electron chi connectivity index (χ1n) is 6.58. The Hall–Kier alpha value is -1.24. The first-order valence-corrected chi connectivity index (χ1v) is 7.46. The van der Waals surface area contributed by atoms with Crippen LogP contribution in [0.1, 0.15) is 18.7 Å². The monoisotopic (exact) mass is 278 g/mol. The van der Waals surface area contributed by atoms with E-state index in [-0.39, 0.29) is 12.6 Å². The van der Waals surface area contributed by atoms with Gasteiger partial charge in [-0.3, -0.25) is 4.90 Å². The molecule has 1 atom stereocenters. The predicted molar refractivity (Wildman–Crippen MR) is 77.5 cm³/mol. The molecule has 1 fully saturated rings. The summed E-state index contributed by atoms with van der Waals surface area (Å²) in [7, 11) is 1.88. The summed E-state index contributed by atoms with van der Waals surface area (Å²) >= 11 is 1.64. The molecule has 1 aliphatic heterocycles. The van der Waals surface area contributed by atoms with Crippen LogP contribution in [-0.2, 0) is 6.54 Å². The average Bonchev–Trinajstić information content (AvgIpc) is 3.06. The number of aliphatic hydroxyl groups is 1. The van der Waals surface area contributed by atoms with Gasteiger partial charge in [0, 0.05) is 13.1 Å². The number of hydrogen-bond donors (Lipinski definition) is 2. The molecule has 0 spiro atoms. The molecule has 2 N–H and O–H groups in total. The third-order valence-corrected chi connectivity index (χ3v) is 4.47. The maximum absolute atomic E-state index is 9.36. The molecule has 1 aliphatic rings. The van der Waals surface area contributed by atoms with Gasteiger partial charge in [0.05, 0.1) is 18.5 Å². The van der Waals surface area contributed by atoms with Crippen LogP contribution >= 0.6 is 11.3 Å². The summed E-state index contributed by atoms with van der Waals surface area (Å²) in [5.41, 5.74) is 0. The Kier molecular flexibility index (Phi) is 3.63. The number of rotatable bonds is 4. The van der Waals surface area contributed by atoms with Gasteiger partial charge in [-0.2, -0.15) is 0 Å². The third-order valence-electron chi connectivity index (χ3n) is 3.66. The second kappa shape index (κ2) is 5.40. The van der Waals surface area contributed by atoms with E-state index in [2.05, 4.69) is 20.2 Å². The zero-order valence-electron chi connectivity index (χ0n) is 11.0. The zero-order valence-corrected chi connectivity index (χ0v) is 11.8. The normalized spacial score (nSPS) is 20.2. The van der Waals surface area contributed by atoms with Crippen LogP contribution in [0.5, 0.6) is 0 Å². The molecule has 102 valence electrons. The maximum atomic E-state index is 9.36. The highest BCUT2D eigenvalue weighted by molar-refractivity contribution is 7.16. The van der Waals surface area contributed by atoms with Crippen molar-refractivity contribution >= 4 is 27.4 Å². The number of hydrogen-bond acceptors (Lipinski definition) is 6. The third kappa shape index (κ3) is 2.43. The van der Waals surface area contributed by atoms with Gasteiger partial charge in [0.25, 0.3) is 0 Å². The lowest BCUT2D eigenvalue weighted by Gasteiger charge is -2.21. The van der Waals surface area contributed by atoms with Crippen molar-refractivity contribution in [2.24, 2.45) is 0 Å².